The lowest BCUT2D eigenvalue weighted by Gasteiger charge is -2.38. The number of anilines is 1. The molecule has 9 nitrogen and oxygen atoms in total. The van der Waals surface area contributed by atoms with Gasteiger partial charge in [-0.2, -0.15) is 0 Å². The number of ether oxygens (including phenoxy) is 1. The summed E-state index contributed by atoms with van der Waals surface area (Å²) in [5, 5.41) is 22.9. The van der Waals surface area contributed by atoms with E-state index in [0.29, 0.717) is 17.9 Å². The smallest absolute Gasteiger partial charge is 0.407 e. The molecule has 1 fully saturated rings. The highest BCUT2D eigenvalue weighted by molar-refractivity contribution is 5.97. The van der Waals surface area contributed by atoms with Gasteiger partial charge in [-0.1, -0.05) is 52.7 Å². The van der Waals surface area contributed by atoms with Gasteiger partial charge in [-0.05, 0) is 30.4 Å². The molecule has 0 bridgehead atoms. The van der Waals surface area contributed by atoms with Crippen molar-refractivity contribution in [2.45, 2.75) is 64.8 Å². The average molecular weight is 488 g/mol. The number of fused-ring (bicyclic) bond motifs is 1. The number of hydrogen-bond donors (Lipinski definition) is 3. The molecule has 1 aromatic carbocycles. The van der Waals surface area contributed by atoms with E-state index in [1.54, 1.807) is 11.0 Å². The first-order chi connectivity index (χ1) is 16.5. The monoisotopic (exact) mass is 487 g/mol. The number of hydrogen-bond acceptors (Lipinski definition) is 5. The van der Waals surface area contributed by atoms with Gasteiger partial charge in [0.2, 0.25) is 5.91 Å². The number of aromatic hydroxyl groups is 1. The molecule has 1 heterocycles. The fraction of sp³-hybridized carbons (Fsp3) is 0.577. The topological polar surface area (TPSA) is 119 Å². The van der Waals surface area contributed by atoms with Gasteiger partial charge in [-0.25, -0.2) is 4.79 Å². The van der Waals surface area contributed by atoms with Gasteiger partial charge in [0, 0.05) is 37.2 Å². The van der Waals surface area contributed by atoms with Crippen LogP contribution in [0.2, 0.25) is 0 Å². The number of carboxylic acid groups (broad SMARTS) is 1. The number of nitrogens with zero attached hydrogens (tertiary/aromatic N) is 2. The average Bonchev–Trinajstić information content (AvgIpc) is 2.81. The number of carbonyl (C=O) groups excluding carboxylic acids is 2. The molecule has 1 atom stereocenters. The third kappa shape index (κ3) is 6.26. The summed E-state index contributed by atoms with van der Waals surface area (Å²) in [5.41, 5.74) is 0.543. The first-order valence-corrected chi connectivity index (χ1v) is 12.2. The van der Waals surface area contributed by atoms with Crippen molar-refractivity contribution in [3.63, 3.8) is 0 Å². The van der Waals surface area contributed by atoms with Crippen molar-refractivity contribution < 1.29 is 29.3 Å². The Balaban J connectivity index is 1.85. The Morgan fingerprint density at radius 1 is 1.23 bits per heavy atom. The lowest BCUT2D eigenvalue weighted by atomic mass is 9.75. The van der Waals surface area contributed by atoms with Crippen LogP contribution in [0.25, 0.3) is 0 Å². The van der Waals surface area contributed by atoms with E-state index >= 15 is 0 Å². The van der Waals surface area contributed by atoms with Crippen LogP contribution in [-0.2, 0) is 9.59 Å². The van der Waals surface area contributed by atoms with E-state index in [1.807, 2.05) is 20.8 Å². The van der Waals surface area contributed by atoms with Crippen LogP contribution < -0.4 is 10.1 Å². The second-order valence-electron chi connectivity index (χ2n) is 10.4. The lowest BCUT2D eigenvalue weighted by Crippen LogP contribution is -2.47. The van der Waals surface area contributed by atoms with Gasteiger partial charge in [-0.15, -0.1) is 0 Å². The predicted molar refractivity (Wildman–Crippen MR) is 133 cm³/mol. The number of phenolic OH excluding ortho intramolecular Hbond substituents is 1. The Labute approximate surface area is 206 Å². The van der Waals surface area contributed by atoms with Gasteiger partial charge < -0.3 is 30.1 Å². The molecule has 1 aliphatic carbocycles. The normalized spacial score (nSPS) is 16.9. The zero-order valence-electron chi connectivity index (χ0n) is 20.9. The molecule has 3 rings (SSSR count). The molecule has 0 saturated heterocycles. The van der Waals surface area contributed by atoms with Crippen molar-refractivity contribution in [3.05, 3.63) is 30.4 Å². The van der Waals surface area contributed by atoms with Gasteiger partial charge in [0.05, 0.1) is 0 Å². The summed E-state index contributed by atoms with van der Waals surface area (Å²) in [6.45, 7) is 10.1. The van der Waals surface area contributed by atoms with E-state index in [-0.39, 0.29) is 60.3 Å². The summed E-state index contributed by atoms with van der Waals surface area (Å²) in [7, 11) is 0. The molecule has 1 aromatic rings. The fourth-order valence-electron chi connectivity index (χ4n) is 4.99. The lowest BCUT2D eigenvalue weighted by molar-refractivity contribution is -0.129. The molecular weight excluding hydrogens is 450 g/mol. The van der Waals surface area contributed by atoms with Crippen LogP contribution in [0, 0.1) is 5.41 Å². The Morgan fingerprint density at radius 3 is 2.51 bits per heavy atom. The molecule has 2 aliphatic rings. The Kier molecular flexibility index (Phi) is 8.30. The van der Waals surface area contributed by atoms with Crippen LogP contribution >= 0.6 is 0 Å². The van der Waals surface area contributed by atoms with E-state index < -0.39 is 6.09 Å². The Morgan fingerprint density at radius 2 is 1.91 bits per heavy atom. The summed E-state index contributed by atoms with van der Waals surface area (Å²) in [6, 6.07) is 3.31. The maximum atomic E-state index is 12.6. The second kappa shape index (κ2) is 11.0. The number of benzene rings is 1. The first-order valence-electron chi connectivity index (χ1n) is 12.2. The van der Waals surface area contributed by atoms with Crippen molar-refractivity contribution in [3.8, 4) is 11.5 Å². The Bertz CT molecular complexity index is 965. The molecule has 35 heavy (non-hydrogen) atoms. The van der Waals surface area contributed by atoms with E-state index in [4.69, 9.17) is 4.74 Å². The minimum Gasteiger partial charge on any atom is -0.506 e. The third-order valence-electron chi connectivity index (χ3n) is 6.96. The SMILES string of the molecule is C=CC(=O)N(CCN(CC(c1ccc(O)c2c1OCC(=O)N2)C(C)(C)C)C(=O)O)C1CCCCC1. The maximum Gasteiger partial charge on any atom is 0.407 e. The minimum absolute atomic E-state index is 0.101. The van der Waals surface area contributed by atoms with E-state index in [9.17, 15) is 24.6 Å². The molecule has 9 heteroatoms. The quantitative estimate of drug-likeness (QED) is 0.374. The molecule has 0 aromatic heterocycles. The van der Waals surface area contributed by atoms with E-state index in [1.165, 1.54) is 17.0 Å². The molecular formula is C26H37N3O6. The van der Waals surface area contributed by atoms with Gasteiger partial charge in [0.1, 0.15) is 11.4 Å². The van der Waals surface area contributed by atoms with Crippen molar-refractivity contribution >= 4 is 23.6 Å². The van der Waals surface area contributed by atoms with Crippen LogP contribution in [0.4, 0.5) is 10.5 Å². The summed E-state index contributed by atoms with van der Waals surface area (Å²) in [5.74, 6) is -0.585. The van der Waals surface area contributed by atoms with Crippen LogP contribution in [0.3, 0.4) is 0 Å². The summed E-state index contributed by atoms with van der Waals surface area (Å²) >= 11 is 0. The van der Waals surface area contributed by atoms with Gasteiger partial charge in [0.15, 0.2) is 12.4 Å². The molecule has 1 saturated carbocycles. The summed E-state index contributed by atoms with van der Waals surface area (Å²) in [6.07, 6.45) is 5.33. The summed E-state index contributed by atoms with van der Waals surface area (Å²) < 4.78 is 5.69. The van der Waals surface area contributed by atoms with Crippen LogP contribution in [0.1, 0.15) is 64.4 Å². The third-order valence-corrected chi connectivity index (χ3v) is 6.96. The summed E-state index contributed by atoms with van der Waals surface area (Å²) in [4.78, 5) is 39.8. The highest BCUT2D eigenvalue weighted by Crippen LogP contribution is 2.47. The van der Waals surface area contributed by atoms with Gasteiger partial charge in [-0.3, -0.25) is 9.59 Å². The van der Waals surface area contributed by atoms with Crippen molar-refractivity contribution in [2.24, 2.45) is 5.41 Å². The highest BCUT2D eigenvalue weighted by Gasteiger charge is 2.35. The molecule has 3 N–H and O–H groups in total. The Hall–Kier alpha value is -3.23. The standard InChI is InChI=1S/C26H37N3O6/c1-5-22(32)29(17-9-7-6-8-10-17)14-13-28(25(33)34)15-19(26(2,3)4)18-11-12-20(30)23-24(18)35-16-21(31)27-23/h5,11-12,17,19,30H,1,6-10,13-16H2,2-4H3,(H,27,31)(H,33,34). The number of phenols is 1. The first kappa shape index (κ1) is 26.4. The maximum absolute atomic E-state index is 12.6. The zero-order chi connectivity index (χ0) is 25.8. The largest absolute Gasteiger partial charge is 0.506 e. The van der Waals surface area contributed by atoms with E-state index in [0.717, 1.165) is 32.1 Å². The zero-order valence-corrected chi connectivity index (χ0v) is 20.9. The molecule has 3 amide bonds. The minimum atomic E-state index is -1.07. The number of nitrogens with one attached hydrogen (secondary N) is 1. The molecule has 0 spiro atoms. The van der Waals surface area contributed by atoms with Crippen molar-refractivity contribution in [1.29, 1.82) is 0 Å². The van der Waals surface area contributed by atoms with Crippen LogP contribution in [-0.4, -0.2) is 70.2 Å². The number of amides is 3. The number of rotatable bonds is 8. The second-order valence-corrected chi connectivity index (χ2v) is 10.4. The van der Waals surface area contributed by atoms with Crippen molar-refractivity contribution in [2.75, 3.05) is 31.6 Å². The van der Waals surface area contributed by atoms with Crippen LogP contribution in [0.5, 0.6) is 11.5 Å². The molecule has 1 unspecified atom stereocenters. The van der Waals surface area contributed by atoms with Gasteiger partial charge >= 0.3 is 6.09 Å². The molecule has 1 aliphatic heterocycles. The highest BCUT2D eigenvalue weighted by atomic mass is 16.5. The predicted octanol–water partition coefficient (Wildman–Crippen LogP) is 4.18. The van der Waals surface area contributed by atoms with E-state index in [2.05, 4.69) is 11.9 Å². The molecule has 192 valence electrons. The van der Waals surface area contributed by atoms with Crippen molar-refractivity contribution in [1.82, 2.24) is 9.80 Å². The van der Waals surface area contributed by atoms with Crippen LogP contribution in [0.15, 0.2) is 24.8 Å². The fourth-order valence-corrected chi connectivity index (χ4v) is 4.99. The number of carbonyl (C=O) groups is 3. The molecule has 0 radical (unpaired) electrons. The van der Waals surface area contributed by atoms with Gasteiger partial charge in [0.25, 0.3) is 5.91 Å².